The van der Waals surface area contributed by atoms with E-state index in [-0.39, 0.29) is 17.6 Å². The molecule has 2 N–H and O–H groups in total. The monoisotopic (exact) mass is 545 g/mol. The first-order valence-corrected chi connectivity index (χ1v) is 12.3. The predicted octanol–water partition coefficient (Wildman–Crippen LogP) is 6.13. The zero-order valence-electron chi connectivity index (χ0n) is 17.5. The van der Waals surface area contributed by atoms with Crippen LogP contribution in [0.5, 0.6) is 0 Å². The van der Waals surface area contributed by atoms with Crippen molar-refractivity contribution in [3.05, 3.63) is 67.9 Å². The van der Waals surface area contributed by atoms with E-state index < -0.39 is 6.04 Å². The lowest BCUT2D eigenvalue weighted by Crippen LogP contribution is -2.28. The van der Waals surface area contributed by atoms with Crippen LogP contribution in [0.2, 0.25) is 20.1 Å². The summed E-state index contributed by atoms with van der Waals surface area (Å²) in [5.41, 5.74) is 0.855. The summed E-state index contributed by atoms with van der Waals surface area (Å²) in [5.74, 6) is 0.0910. The molecule has 2 aromatic carbocycles. The number of thioether (sulfide) groups is 1. The number of halogens is 4. The first kappa shape index (κ1) is 25.6. The molecule has 1 atom stereocenters. The third kappa shape index (κ3) is 6.55. The van der Waals surface area contributed by atoms with E-state index in [4.69, 9.17) is 46.4 Å². The second kappa shape index (κ2) is 11.4. The van der Waals surface area contributed by atoms with Crippen LogP contribution in [0.4, 0.5) is 5.69 Å². The Morgan fingerprint density at radius 3 is 2.45 bits per heavy atom. The quantitative estimate of drug-likeness (QED) is 0.331. The van der Waals surface area contributed by atoms with E-state index in [0.717, 1.165) is 0 Å². The van der Waals surface area contributed by atoms with Gasteiger partial charge in [-0.3, -0.25) is 9.59 Å². The molecule has 1 heterocycles. The van der Waals surface area contributed by atoms with Gasteiger partial charge in [-0.05, 0) is 50.2 Å². The third-order valence-electron chi connectivity index (χ3n) is 4.52. The topological polar surface area (TPSA) is 88.9 Å². The van der Waals surface area contributed by atoms with Gasteiger partial charge >= 0.3 is 0 Å². The Labute approximate surface area is 215 Å². The van der Waals surface area contributed by atoms with E-state index in [1.807, 2.05) is 11.5 Å². The van der Waals surface area contributed by atoms with Crippen molar-refractivity contribution in [1.82, 2.24) is 20.1 Å². The lowest BCUT2D eigenvalue weighted by molar-refractivity contribution is -0.113. The Hall–Kier alpha value is -1.97. The zero-order valence-corrected chi connectivity index (χ0v) is 21.4. The fourth-order valence-electron chi connectivity index (χ4n) is 2.91. The van der Waals surface area contributed by atoms with Crippen molar-refractivity contribution in [2.45, 2.75) is 31.6 Å². The zero-order chi connectivity index (χ0) is 24.1. The van der Waals surface area contributed by atoms with Gasteiger partial charge in [0.05, 0.1) is 32.5 Å². The van der Waals surface area contributed by atoms with Crippen LogP contribution in [0.1, 0.15) is 36.1 Å². The molecule has 0 saturated carbocycles. The molecule has 3 rings (SSSR count). The second-order valence-electron chi connectivity index (χ2n) is 6.87. The van der Waals surface area contributed by atoms with E-state index in [9.17, 15) is 9.59 Å². The molecule has 2 amide bonds. The van der Waals surface area contributed by atoms with Crippen LogP contribution < -0.4 is 10.6 Å². The number of benzene rings is 2. The Balaban J connectivity index is 1.64. The summed E-state index contributed by atoms with van der Waals surface area (Å²) in [4.78, 5) is 24.9. The van der Waals surface area contributed by atoms with Crippen molar-refractivity contribution in [3.63, 3.8) is 0 Å². The first-order chi connectivity index (χ1) is 15.7. The Bertz CT molecular complexity index is 1190. The van der Waals surface area contributed by atoms with Crippen molar-refractivity contribution in [2.24, 2.45) is 0 Å². The number of nitrogens with one attached hydrogen (secondary N) is 2. The maximum absolute atomic E-state index is 12.6. The molecule has 12 heteroatoms. The van der Waals surface area contributed by atoms with Crippen LogP contribution >= 0.6 is 58.2 Å². The average Bonchev–Trinajstić information content (AvgIpc) is 3.19. The van der Waals surface area contributed by atoms with Gasteiger partial charge in [0.25, 0.3) is 5.91 Å². The summed E-state index contributed by atoms with van der Waals surface area (Å²) in [6.07, 6.45) is 0. The number of hydrogen-bond acceptors (Lipinski definition) is 5. The molecule has 174 valence electrons. The summed E-state index contributed by atoms with van der Waals surface area (Å²) in [7, 11) is 0. The molecule has 3 aromatic rings. The lowest BCUT2D eigenvalue weighted by atomic mass is 10.2. The lowest BCUT2D eigenvalue weighted by Gasteiger charge is -2.15. The first-order valence-electron chi connectivity index (χ1n) is 9.76. The molecule has 0 fully saturated rings. The standard InChI is InChI=1S/C21H19Cl4N5O2S/c1-3-30-19(11(2)26-20(32)12-4-6-14(23)15(24)8-12)28-29-21(30)33-10-18(31)27-17-7-5-13(22)9-16(17)25/h4-9,11H,3,10H2,1-2H3,(H,26,32)(H,27,31). The Morgan fingerprint density at radius 1 is 1.03 bits per heavy atom. The maximum atomic E-state index is 12.6. The van der Waals surface area contributed by atoms with Gasteiger partial charge in [0.2, 0.25) is 5.91 Å². The van der Waals surface area contributed by atoms with Crippen molar-refractivity contribution < 1.29 is 9.59 Å². The number of aromatic nitrogens is 3. The van der Waals surface area contributed by atoms with Gasteiger partial charge in [-0.15, -0.1) is 10.2 Å². The maximum Gasteiger partial charge on any atom is 0.251 e. The predicted molar refractivity (Wildman–Crippen MR) is 134 cm³/mol. The molecule has 33 heavy (non-hydrogen) atoms. The molecule has 0 spiro atoms. The SMILES string of the molecule is CCn1c(SCC(=O)Nc2ccc(Cl)cc2Cl)nnc1C(C)NC(=O)c1ccc(Cl)c(Cl)c1. The number of carbonyl (C=O) groups excluding carboxylic acids is 2. The van der Waals surface area contributed by atoms with Crippen LogP contribution in [0.15, 0.2) is 41.6 Å². The van der Waals surface area contributed by atoms with E-state index in [1.54, 1.807) is 37.3 Å². The minimum absolute atomic E-state index is 0.0983. The van der Waals surface area contributed by atoms with Crippen LogP contribution in [-0.2, 0) is 11.3 Å². The van der Waals surface area contributed by atoms with Gasteiger partial charge < -0.3 is 15.2 Å². The van der Waals surface area contributed by atoms with Crippen molar-refractivity contribution in [3.8, 4) is 0 Å². The van der Waals surface area contributed by atoms with Gasteiger partial charge in [-0.2, -0.15) is 0 Å². The van der Waals surface area contributed by atoms with Crippen LogP contribution in [-0.4, -0.2) is 32.3 Å². The number of anilines is 1. The molecule has 0 aliphatic rings. The van der Waals surface area contributed by atoms with E-state index in [1.165, 1.54) is 17.8 Å². The molecular weight excluding hydrogens is 528 g/mol. The fraction of sp³-hybridized carbons (Fsp3) is 0.238. The number of hydrogen-bond donors (Lipinski definition) is 2. The molecular formula is C21H19Cl4N5O2S. The highest BCUT2D eigenvalue weighted by Crippen LogP contribution is 2.27. The summed E-state index contributed by atoms with van der Waals surface area (Å²) >= 11 is 25.1. The number of carbonyl (C=O) groups is 2. The van der Waals surface area contributed by atoms with Crippen molar-refractivity contribution in [1.29, 1.82) is 0 Å². The fourth-order valence-corrected chi connectivity index (χ4v) is 4.48. The minimum atomic E-state index is -0.435. The van der Waals surface area contributed by atoms with Crippen LogP contribution in [0, 0.1) is 0 Å². The van der Waals surface area contributed by atoms with Gasteiger partial charge in [-0.25, -0.2) is 0 Å². The molecule has 0 bridgehead atoms. The third-order valence-corrected chi connectivity index (χ3v) is 6.77. The number of rotatable bonds is 8. The summed E-state index contributed by atoms with van der Waals surface area (Å²) < 4.78 is 1.84. The second-order valence-corrected chi connectivity index (χ2v) is 9.47. The van der Waals surface area contributed by atoms with Crippen LogP contribution in [0.25, 0.3) is 0 Å². The van der Waals surface area contributed by atoms with Gasteiger partial charge in [0, 0.05) is 17.1 Å². The van der Waals surface area contributed by atoms with Gasteiger partial charge in [-0.1, -0.05) is 58.2 Å². The molecule has 7 nitrogen and oxygen atoms in total. The number of nitrogens with zero attached hydrogens (tertiary/aromatic N) is 3. The smallest absolute Gasteiger partial charge is 0.251 e. The Kier molecular flexibility index (Phi) is 8.89. The van der Waals surface area contributed by atoms with Gasteiger partial charge in [0.15, 0.2) is 11.0 Å². The largest absolute Gasteiger partial charge is 0.342 e. The van der Waals surface area contributed by atoms with Crippen LogP contribution in [0.3, 0.4) is 0 Å². The number of amides is 2. The minimum Gasteiger partial charge on any atom is -0.342 e. The molecule has 0 saturated heterocycles. The van der Waals surface area contributed by atoms with E-state index >= 15 is 0 Å². The highest BCUT2D eigenvalue weighted by Gasteiger charge is 2.20. The van der Waals surface area contributed by atoms with Crippen molar-refractivity contribution in [2.75, 3.05) is 11.1 Å². The molecule has 1 unspecified atom stereocenters. The van der Waals surface area contributed by atoms with Crippen molar-refractivity contribution >= 4 is 75.7 Å². The average molecular weight is 547 g/mol. The summed E-state index contributed by atoms with van der Waals surface area (Å²) in [6, 6.07) is 9.06. The molecule has 0 radical (unpaired) electrons. The van der Waals surface area contributed by atoms with E-state index in [0.29, 0.717) is 48.9 Å². The van der Waals surface area contributed by atoms with Gasteiger partial charge in [0.1, 0.15) is 0 Å². The highest BCUT2D eigenvalue weighted by atomic mass is 35.5. The summed E-state index contributed by atoms with van der Waals surface area (Å²) in [5, 5.41) is 16.1. The highest BCUT2D eigenvalue weighted by molar-refractivity contribution is 7.99. The Morgan fingerprint density at radius 2 is 1.79 bits per heavy atom. The molecule has 0 aliphatic carbocycles. The van der Waals surface area contributed by atoms with E-state index in [2.05, 4.69) is 20.8 Å². The molecule has 1 aromatic heterocycles. The summed E-state index contributed by atoms with van der Waals surface area (Å²) in [6.45, 7) is 4.29. The molecule has 0 aliphatic heterocycles. The normalized spacial score (nSPS) is 11.8.